The summed E-state index contributed by atoms with van der Waals surface area (Å²) in [5, 5.41) is 2.13. The molecule has 78 valence electrons. The SMILES string of the molecule is NCC1CCCN(Cc2cscn2)C1. The number of thiazole rings is 1. The summed E-state index contributed by atoms with van der Waals surface area (Å²) in [5.41, 5.74) is 8.80. The van der Waals surface area contributed by atoms with Crippen LogP contribution in [0.3, 0.4) is 0 Å². The highest BCUT2D eigenvalue weighted by Crippen LogP contribution is 2.17. The predicted octanol–water partition coefficient (Wildman–Crippen LogP) is 1.31. The molecule has 1 saturated heterocycles. The molecule has 0 saturated carbocycles. The summed E-state index contributed by atoms with van der Waals surface area (Å²) in [6, 6.07) is 0. The molecular weight excluding hydrogens is 194 g/mol. The van der Waals surface area contributed by atoms with Crippen molar-refractivity contribution in [2.75, 3.05) is 19.6 Å². The summed E-state index contributed by atoms with van der Waals surface area (Å²) in [6.07, 6.45) is 2.58. The van der Waals surface area contributed by atoms with Gasteiger partial charge in [-0.2, -0.15) is 0 Å². The lowest BCUT2D eigenvalue weighted by atomic mass is 9.98. The van der Waals surface area contributed by atoms with Crippen LogP contribution in [-0.4, -0.2) is 29.5 Å². The van der Waals surface area contributed by atoms with Crippen LogP contribution in [0.4, 0.5) is 0 Å². The molecule has 1 unspecified atom stereocenters. The van der Waals surface area contributed by atoms with Crippen LogP contribution in [-0.2, 0) is 6.54 Å². The van der Waals surface area contributed by atoms with Crippen LogP contribution in [0.25, 0.3) is 0 Å². The highest BCUT2D eigenvalue weighted by atomic mass is 32.1. The second kappa shape index (κ2) is 4.87. The second-order valence-corrected chi connectivity index (χ2v) is 4.68. The molecule has 1 aliphatic heterocycles. The van der Waals surface area contributed by atoms with Crippen LogP contribution in [0.2, 0.25) is 0 Å². The Morgan fingerprint density at radius 2 is 2.57 bits per heavy atom. The van der Waals surface area contributed by atoms with Crippen LogP contribution in [0.15, 0.2) is 10.9 Å². The second-order valence-electron chi connectivity index (χ2n) is 3.96. The van der Waals surface area contributed by atoms with Crippen molar-refractivity contribution in [1.29, 1.82) is 0 Å². The number of aromatic nitrogens is 1. The molecule has 1 aliphatic rings. The molecule has 0 aliphatic carbocycles. The molecule has 0 amide bonds. The molecule has 0 bridgehead atoms. The summed E-state index contributed by atoms with van der Waals surface area (Å²) in [6.45, 7) is 4.18. The average Bonchev–Trinajstić information content (AvgIpc) is 2.71. The van der Waals surface area contributed by atoms with E-state index in [2.05, 4.69) is 15.3 Å². The average molecular weight is 211 g/mol. The standard InChI is InChI=1S/C10H17N3S/c11-4-9-2-1-3-13(5-9)6-10-7-14-8-12-10/h7-9H,1-6,11H2. The van der Waals surface area contributed by atoms with Gasteiger partial charge in [0, 0.05) is 18.5 Å². The van der Waals surface area contributed by atoms with Gasteiger partial charge in [-0.1, -0.05) is 0 Å². The molecule has 0 aromatic carbocycles. The molecule has 1 aromatic rings. The van der Waals surface area contributed by atoms with Crippen LogP contribution in [0, 0.1) is 5.92 Å². The number of likely N-dealkylation sites (tertiary alicyclic amines) is 1. The molecule has 1 fully saturated rings. The first-order chi connectivity index (χ1) is 6.88. The van der Waals surface area contributed by atoms with Crippen molar-refractivity contribution in [3.63, 3.8) is 0 Å². The highest BCUT2D eigenvalue weighted by molar-refractivity contribution is 7.07. The summed E-state index contributed by atoms with van der Waals surface area (Å²) in [7, 11) is 0. The van der Waals surface area contributed by atoms with E-state index in [1.54, 1.807) is 11.3 Å². The van der Waals surface area contributed by atoms with Crippen LogP contribution in [0.1, 0.15) is 18.5 Å². The Hall–Kier alpha value is -0.450. The van der Waals surface area contributed by atoms with Crippen molar-refractivity contribution in [1.82, 2.24) is 9.88 Å². The van der Waals surface area contributed by atoms with Crippen molar-refractivity contribution >= 4 is 11.3 Å². The van der Waals surface area contributed by atoms with Crippen LogP contribution < -0.4 is 5.73 Å². The molecule has 2 heterocycles. The maximum absolute atomic E-state index is 5.70. The number of nitrogens with zero attached hydrogens (tertiary/aromatic N) is 2. The van der Waals surface area contributed by atoms with Crippen molar-refractivity contribution < 1.29 is 0 Å². The van der Waals surface area contributed by atoms with E-state index in [0.29, 0.717) is 5.92 Å². The number of hydrogen-bond donors (Lipinski definition) is 1. The molecule has 14 heavy (non-hydrogen) atoms. The van der Waals surface area contributed by atoms with E-state index in [1.807, 2.05) is 5.51 Å². The third kappa shape index (κ3) is 2.53. The Balaban J connectivity index is 1.86. The lowest BCUT2D eigenvalue weighted by Crippen LogP contribution is -2.37. The van der Waals surface area contributed by atoms with Crippen molar-refractivity contribution in [2.24, 2.45) is 11.7 Å². The highest BCUT2D eigenvalue weighted by Gasteiger charge is 2.18. The Morgan fingerprint density at radius 1 is 1.64 bits per heavy atom. The van der Waals surface area contributed by atoms with Crippen LogP contribution in [0.5, 0.6) is 0 Å². The van der Waals surface area contributed by atoms with Gasteiger partial charge in [-0.05, 0) is 31.8 Å². The summed E-state index contributed by atoms with van der Waals surface area (Å²) >= 11 is 1.67. The van der Waals surface area contributed by atoms with Gasteiger partial charge < -0.3 is 5.73 Å². The molecule has 2 N–H and O–H groups in total. The minimum atomic E-state index is 0.697. The topological polar surface area (TPSA) is 42.1 Å². The third-order valence-corrected chi connectivity index (χ3v) is 3.44. The van der Waals surface area contributed by atoms with Crippen molar-refractivity contribution in [3.05, 3.63) is 16.6 Å². The van der Waals surface area contributed by atoms with E-state index in [-0.39, 0.29) is 0 Å². The largest absolute Gasteiger partial charge is 0.330 e. The molecule has 2 rings (SSSR count). The van der Waals surface area contributed by atoms with E-state index < -0.39 is 0 Å². The summed E-state index contributed by atoms with van der Waals surface area (Å²) < 4.78 is 0. The van der Waals surface area contributed by atoms with Gasteiger partial charge in [0.2, 0.25) is 0 Å². The minimum Gasteiger partial charge on any atom is -0.330 e. The Morgan fingerprint density at radius 3 is 3.29 bits per heavy atom. The normalized spacial score (nSPS) is 23.9. The van der Waals surface area contributed by atoms with Gasteiger partial charge in [0.25, 0.3) is 0 Å². The number of nitrogens with two attached hydrogens (primary N) is 1. The third-order valence-electron chi connectivity index (χ3n) is 2.81. The lowest BCUT2D eigenvalue weighted by Gasteiger charge is -2.31. The zero-order valence-electron chi connectivity index (χ0n) is 8.35. The van der Waals surface area contributed by atoms with E-state index in [4.69, 9.17) is 5.73 Å². The fourth-order valence-electron chi connectivity index (χ4n) is 2.03. The first-order valence-corrected chi connectivity index (χ1v) is 6.12. The quantitative estimate of drug-likeness (QED) is 0.820. The zero-order valence-corrected chi connectivity index (χ0v) is 9.17. The molecule has 1 aromatic heterocycles. The maximum Gasteiger partial charge on any atom is 0.0795 e. The minimum absolute atomic E-state index is 0.697. The van der Waals surface area contributed by atoms with Gasteiger partial charge in [-0.15, -0.1) is 11.3 Å². The molecule has 4 heteroatoms. The van der Waals surface area contributed by atoms with E-state index >= 15 is 0 Å². The number of piperidine rings is 1. The van der Waals surface area contributed by atoms with Gasteiger partial charge in [-0.25, -0.2) is 4.98 Å². The van der Waals surface area contributed by atoms with E-state index in [1.165, 1.54) is 25.1 Å². The lowest BCUT2D eigenvalue weighted by molar-refractivity contribution is 0.169. The molecule has 0 radical (unpaired) electrons. The smallest absolute Gasteiger partial charge is 0.0795 e. The Labute approximate surface area is 88.9 Å². The van der Waals surface area contributed by atoms with Crippen LogP contribution >= 0.6 is 11.3 Å². The number of rotatable bonds is 3. The molecule has 0 spiro atoms. The first-order valence-electron chi connectivity index (χ1n) is 5.18. The zero-order chi connectivity index (χ0) is 9.80. The Bertz CT molecular complexity index is 260. The van der Waals surface area contributed by atoms with Crippen molar-refractivity contribution in [3.8, 4) is 0 Å². The van der Waals surface area contributed by atoms with Gasteiger partial charge in [0.05, 0.1) is 11.2 Å². The van der Waals surface area contributed by atoms with Gasteiger partial charge in [-0.3, -0.25) is 4.90 Å². The molecule has 1 atom stereocenters. The molecular formula is C10H17N3S. The molecule has 3 nitrogen and oxygen atoms in total. The van der Waals surface area contributed by atoms with Gasteiger partial charge >= 0.3 is 0 Å². The Kier molecular flexibility index (Phi) is 3.50. The van der Waals surface area contributed by atoms with E-state index in [9.17, 15) is 0 Å². The van der Waals surface area contributed by atoms with Gasteiger partial charge in [0.15, 0.2) is 0 Å². The summed E-state index contributed by atoms with van der Waals surface area (Å²) in [5.74, 6) is 0.697. The van der Waals surface area contributed by atoms with E-state index in [0.717, 1.165) is 19.6 Å². The number of hydrogen-bond acceptors (Lipinski definition) is 4. The fraction of sp³-hybridized carbons (Fsp3) is 0.700. The van der Waals surface area contributed by atoms with Crippen molar-refractivity contribution in [2.45, 2.75) is 19.4 Å². The van der Waals surface area contributed by atoms with Gasteiger partial charge in [0.1, 0.15) is 0 Å². The maximum atomic E-state index is 5.70. The monoisotopic (exact) mass is 211 g/mol. The fourth-order valence-corrected chi connectivity index (χ4v) is 2.58. The predicted molar refractivity (Wildman–Crippen MR) is 59.2 cm³/mol. The first kappa shape index (κ1) is 10.1. The summed E-state index contributed by atoms with van der Waals surface area (Å²) in [4.78, 5) is 6.78.